The van der Waals surface area contributed by atoms with E-state index in [4.69, 9.17) is 0 Å². The molecule has 0 bridgehead atoms. The maximum atomic E-state index is 11.6. The third-order valence-electron chi connectivity index (χ3n) is 3.44. The molecule has 1 saturated carbocycles. The molecule has 1 amide bonds. The number of amides is 1. The van der Waals surface area contributed by atoms with Crippen LogP contribution >= 0.6 is 0 Å². The second-order valence-corrected chi connectivity index (χ2v) is 4.84. The SMILES string of the molecule is CCCCCNC(=O)C(O)C1CCCCC1. The van der Waals surface area contributed by atoms with Gasteiger partial charge >= 0.3 is 0 Å². The monoisotopic (exact) mass is 227 g/mol. The van der Waals surface area contributed by atoms with E-state index in [0.717, 1.165) is 44.9 Å². The van der Waals surface area contributed by atoms with Crippen molar-refractivity contribution in [1.29, 1.82) is 0 Å². The summed E-state index contributed by atoms with van der Waals surface area (Å²) in [4.78, 5) is 11.6. The number of unbranched alkanes of at least 4 members (excludes halogenated alkanes) is 2. The highest BCUT2D eigenvalue weighted by Gasteiger charge is 2.26. The lowest BCUT2D eigenvalue weighted by atomic mass is 9.85. The zero-order valence-electron chi connectivity index (χ0n) is 10.4. The van der Waals surface area contributed by atoms with Gasteiger partial charge in [0.05, 0.1) is 0 Å². The van der Waals surface area contributed by atoms with E-state index in [1.807, 2.05) is 0 Å². The first-order chi connectivity index (χ1) is 7.75. The molecule has 0 aromatic heterocycles. The van der Waals surface area contributed by atoms with Crippen LogP contribution in [0.15, 0.2) is 0 Å². The molecule has 0 spiro atoms. The Morgan fingerprint density at radius 1 is 1.31 bits per heavy atom. The minimum Gasteiger partial charge on any atom is -0.383 e. The smallest absolute Gasteiger partial charge is 0.249 e. The van der Waals surface area contributed by atoms with E-state index in [1.165, 1.54) is 6.42 Å². The van der Waals surface area contributed by atoms with Crippen molar-refractivity contribution in [3.8, 4) is 0 Å². The van der Waals surface area contributed by atoms with E-state index in [9.17, 15) is 9.90 Å². The standard InChI is InChI=1S/C13H25NO2/c1-2-3-7-10-14-13(16)12(15)11-8-5-4-6-9-11/h11-12,15H,2-10H2,1H3,(H,14,16). The minimum absolute atomic E-state index is 0.164. The number of hydrogen-bond donors (Lipinski definition) is 2. The molecule has 0 saturated heterocycles. The molecule has 16 heavy (non-hydrogen) atoms. The van der Waals surface area contributed by atoms with Gasteiger partial charge in [-0.15, -0.1) is 0 Å². The molecular formula is C13H25NO2. The van der Waals surface area contributed by atoms with Gasteiger partial charge in [-0.25, -0.2) is 0 Å². The van der Waals surface area contributed by atoms with E-state index in [-0.39, 0.29) is 11.8 Å². The van der Waals surface area contributed by atoms with Gasteiger partial charge in [0.25, 0.3) is 0 Å². The summed E-state index contributed by atoms with van der Waals surface area (Å²) in [5.41, 5.74) is 0. The van der Waals surface area contributed by atoms with Crippen molar-refractivity contribution in [3.05, 3.63) is 0 Å². The van der Waals surface area contributed by atoms with Gasteiger partial charge in [-0.3, -0.25) is 4.79 Å². The fraction of sp³-hybridized carbons (Fsp3) is 0.923. The van der Waals surface area contributed by atoms with Gasteiger partial charge in [-0.1, -0.05) is 39.0 Å². The van der Waals surface area contributed by atoms with Gasteiger partial charge in [-0.2, -0.15) is 0 Å². The number of aliphatic hydroxyl groups is 1. The van der Waals surface area contributed by atoms with Gasteiger partial charge in [-0.05, 0) is 25.2 Å². The second-order valence-electron chi connectivity index (χ2n) is 4.84. The normalized spacial score (nSPS) is 19.4. The molecule has 0 radical (unpaired) electrons. The van der Waals surface area contributed by atoms with Crippen LogP contribution in [0.5, 0.6) is 0 Å². The first-order valence-electron chi connectivity index (χ1n) is 6.71. The molecule has 0 heterocycles. The van der Waals surface area contributed by atoms with Crippen molar-refractivity contribution in [2.45, 2.75) is 64.4 Å². The maximum Gasteiger partial charge on any atom is 0.249 e. The quantitative estimate of drug-likeness (QED) is 0.684. The van der Waals surface area contributed by atoms with Crippen LogP contribution in [-0.4, -0.2) is 23.7 Å². The van der Waals surface area contributed by atoms with Crippen molar-refractivity contribution in [2.24, 2.45) is 5.92 Å². The Balaban J connectivity index is 2.18. The highest BCUT2D eigenvalue weighted by molar-refractivity contribution is 5.80. The fourth-order valence-corrected chi connectivity index (χ4v) is 2.36. The third kappa shape index (κ3) is 4.52. The molecule has 1 aliphatic rings. The topological polar surface area (TPSA) is 49.3 Å². The lowest BCUT2D eigenvalue weighted by molar-refractivity contribution is -0.132. The van der Waals surface area contributed by atoms with Crippen LogP contribution in [0, 0.1) is 5.92 Å². The average molecular weight is 227 g/mol. The Kier molecular flexibility index (Phi) is 6.46. The fourth-order valence-electron chi connectivity index (χ4n) is 2.36. The number of carbonyl (C=O) groups excluding carboxylic acids is 1. The van der Waals surface area contributed by atoms with E-state index in [1.54, 1.807) is 0 Å². The van der Waals surface area contributed by atoms with E-state index >= 15 is 0 Å². The largest absolute Gasteiger partial charge is 0.383 e. The second kappa shape index (κ2) is 7.66. The molecule has 1 aliphatic carbocycles. The number of carbonyl (C=O) groups is 1. The average Bonchev–Trinajstić information content (AvgIpc) is 2.34. The van der Waals surface area contributed by atoms with Gasteiger partial charge in [0.1, 0.15) is 6.10 Å². The van der Waals surface area contributed by atoms with Crippen LogP contribution in [0.25, 0.3) is 0 Å². The molecule has 0 aromatic rings. The lowest BCUT2D eigenvalue weighted by Crippen LogP contribution is -2.40. The van der Waals surface area contributed by atoms with Crippen LogP contribution in [0.3, 0.4) is 0 Å². The number of aliphatic hydroxyl groups excluding tert-OH is 1. The molecule has 3 nitrogen and oxygen atoms in total. The molecule has 2 N–H and O–H groups in total. The number of nitrogens with one attached hydrogen (secondary N) is 1. The van der Waals surface area contributed by atoms with Crippen molar-refractivity contribution in [2.75, 3.05) is 6.54 Å². The van der Waals surface area contributed by atoms with Crippen LogP contribution in [-0.2, 0) is 4.79 Å². The lowest BCUT2D eigenvalue weighted by Gasteiger charge is -2.25. The van der Waals surface area contributed by atoms with Crippen LogP contribution < -0.4 is 5.32 Å². The predicted octanol–water partition coefficient (Wildman–Crippen LogP) is 2.23. The highest BCUT2D eigenvalue weighted by atomic mass is 16.3. The van der Waals surface area contributed by atoms with Gasteiger partial charge in [0.2, 0.25) is 5.91 Å². The summed E-state index contributed by atoms with van der Waals surface area (Å²) in [7, 11) is 0. The predicted molar refractivity (Wildman–Crippen MR) is 65.1 cm³/mol. The molecule has 0 aliphatic heterocycles. The first-order valence-corrected chi connectivity index (χ1v) is 6.71. The van der Waals surface area contributed by atoms with Crippen LogP contribution in [0.2, 0.25) is 0 Å². The van der Waals surface area contributed by atoms with Gasteiger partial charge in [0, 0.05) is 6.54 Å². The van der Waals surface area contributed by atoms with Crippen molar-refractivity contribution in [1.82, 2.24) is 5.32 Å². The van der Waals surface area contributed by atoms with Crippen LogP contribution in [0.4, 0.5) is 0 Å². The molecule has 0 aromatic carbocycles. The van der Waals surface area contributed by atoms with Crippen molar-refractivity contribution >= 4 is 5.91 Å². The summed E-state index contributed by atoms with van der Waals surface area (Å²) in [6.45, 7) is 2.84. The van der Waals surface area contributed by atoms with E-state index < -0.39 is 6.10 Å². The van der Waals surface area contributed by atoms with Crippen molar-refractivity contribution < 1.29 is 9.90 Å². The highest BCUT2D eigenvalue weighted by Crippen LogP contribution is 2.26. The summed E-state index contributed by atoms with van der Waals surface area (Å²) < 4.78 is 0. The molecule has 1 atom stereocenters. The minimum atomic E-state index is -0.776. The summed E-state index contributed by atoms with van der Waals surface area (Å²) >= 11 is 0. The molecular weight excluding hydrogens is 202 g/mol. The summed E-state index contributed by atoms with van der Waals surface area (Å²) in [5.74, 6) is 0.0305. The number of hydrogen-bond acceptors (Lipinski definition) is 2. The molecule has 94 valence electrons. The van der Waals surface area contributed by atoms with Gasteiger partial charge < -0.3 is 10.4 Å². The Labute approximate surface area is 98.6 Å². The van der Waals surface area contributed by atoms with Gasteiger partial charge in [0.15, 0.2) is 0 Å². The zero-order chi connectivity index (χ0) is 11.8. The Bertz CT molecular complexity index is 200. The van der Waals surface area contributed by atoms with E-state index in [2.05, 4.69) is 12.2 Å². The van der Waals surface area contributed by atoms with Crippen LogP contribution in [0.1, 0.15) is 58.3 Å². The Morgan fingerprint density at radius 2 is 2.00 bits per heavy atom. The molecule has 3 heteroatoms. The summed E-state index contributed by atoms with van der Waals surface area (Å²) in [6.07, 6.45) is 8.10. The number of rotatable bonds is 6. The Hall–Kier alpha value is -0.570. The third-order valence-corrected chi connectivity index (χ3v) is 3.44. The molecule has 1 fully saturated rings. The molecule has 1 unspecified atom stereocenters. The zero-order valence-corrected chi connectivity index (χ0v) is 10.4. The summed E-state index contributed by atoms with van der Waals surface area (Å²) in [6, 6.07) is 0. The molecule has 1 rings (SSSR count). The van der Waals surface area contributed by atoms with E-state index in [0.29, 0.717) is 6.54 Å². The summed E-state index contributed by atoms with van der Waals surface area (Å²) in [5, 5.41) is 12.7. The Morgan fingerprint density at radius 3 is 2.62 bits per heavy atom. The first kappa shape index (κ1) is 13.5. The van der Waals surface area contributed by atoms with Crippen molar-refractivity contribution in [3.63, 3.8) is 0 Å². The maximum absolute atomic E-state index is 11.6.